The lowest BCUT2D eigenvalue weighted by molar-refractivity contribution is -0.145. The lowest BCUT2D eigenvalue weighted by Crippen LogP contribution is -2.45. The maximum Gasteiger partial charge on any atom is 0.451 e. The predicted octanol–water partition coefficient (Wildman–Crippen LogP) is 2.82. The monoisotopic (exact) mass is 569 g/mol. The highest BCUT2D eigenvalue weighted by Gasteiger charge is 2.44. The van der Waals surface area contributed by atoms with Crippen molar-refractivity contribution in [1.82, 2.24) is 19.6 Å². The van der Waals surface area contributed by atoms with Gasteiger partial charge >= 0.3 is 6.18 Å². The Balaban J connectivity index is 1.56. The average Bonchev–Trinajstić information content (AvgIpc) is 3.29. The van der Waals surface area contributed by atoms with E-state index < -0.39 is 64.8 Å². The molecule has 1 aromatic heterocycles. The molecule has 2 atom stereocenters. The largest absolute Gasteiger partial charge is 0.451 e. The van der Waals surface area contributed by atoms with Gasteiger partial charge in [0.2, 0.25) is 27.7 Å². The number of nitrogens with zero attached hydrogens (tertiary/aromatic N) is 3. The summed E-state index contributed by atoms with van der Waals surface area (Å²) in [7, 11) is -4.35. The number of carbonyl (C=O) groups is 2. The topological polar surface area (TPSA) is 135 Å². The fourth-order valence-corrected chi connectivity index (χ4v) is 5.71. The summed E-state index contributed by atoms with van der Waals surface area (Å²) >= 11 is 0. The van der Waals surface area contributed by atoms with Gasteiger partial charge < -0.3 is 11.1 Å². The van der Waals surface area contributed by atoms with E-state index in [4.69, 9.17) is 5.73 Å². The summed E-state index contributed by atoms with van der Waals surface area (Å²) in [4.78, 5) is 31.2. The number of halogens is 5. The number of nitrogens with one attached hydrogen (secondary N) is 1. The number of amides is 2. The molecule has 206 valence electrons. The van der Waals surface area contributed by atoms with Gasteiger partial charge in [0.1, 0.15) is 18.0 Å². The Morgan fingerprint density at radius 2 is 1.69 bits per heavy atom. The van der Waals surface area contributed by atoms with Gasteiger partial charge in [-0.2, -0.15) is 17.5 Å². The van der Waals surface area contributed by atoms with Crippen LogP contribution in [0.5, 0.6) is 0 Å². The van der Waals surface area contributed by atoms with E-state index in [1.54, 1.807) is 0 Å². The second-order valence-corrected chi connectivity index (χ2v) is 10.5. The van der Waals surface area contributed by atoms with Crippen LogP contribution in [0.2, 0.25) is 0 Å². The molecule has 2 aromatic carbocycles. The summed E-state index contributed by atoms with van der Waals surface area (Å²) in [6, 6.07) is 6.50. The van der Waals surface area contributed by atoms with E-state index >= 15 is 0 Å². The molecule has 1 fully saturated rings. The molecule has 2 unspecified atom stereocenters. The molecule has 3 aromatic rings. The molecule has 4 rings (SSSR count). The molecule has 39 heavy (non-hydrogen) atoms. The van der Waals surface area contributed by atoms with Gasteiger partial charge in [-0.25, -0.2) is 27.2 Å². The van der Waals surface area contributed by atoms with Crippen LogP contribution in [-0.4, -0.2) is 53.3 Å². The van der Waals surface area contributed by atoms with Crippen LogP contribution in [0.25, 0.3) is 11.1 Å². The Labute approximate surface area is 218 Å². The number of rotatable bonds is 7. The zero-order valence-electron chi connectivity index (χ0n) is 19.8. The highest BCUT2D eigenvalue weighted by Crippen LogP contribution is 2.30. The van der Waals surface area contributed by atoms with Crippen LogP contribution in [0.1, 0.15) is 28.2 Å². The molecule has 9 nitrogen and oxygen atoms in total. The van der Waals surface area contributed by atoms with Gasteiger partial charge in [0.25, 0.3) is 0 Å². The second-order valence-electron chi connectivity index (χ2n) is 8.62. The molecule has 0 radical (unpaired) electrons. The third-order valence-corrected chi connectivity index (χ3v) is 7.88. The van der Waals surface area contributed by atoms with Crippen molar-refractivity contribution in [2.45, 2.75) is 36.3 Å². The first-order valence-corrected chi connectivity index (χ1v) is 12.7. The summed E-state index contributed by atoms with van der Waals surface area (Å²) in [6.07, 6.45) is -4.93. The third kappa shape index (κ3) is 6.04. The van der Waals surface area contributed by atoms with Gasteiger partial charge in [0, 0.05) is 43.0 Å². The SMILES string of the molecule is NC(=O)c1ccc(-c2cnc(C(F)(F)F)nc2)cc1CNC(=O)C1CC(F)CN1S(=O)(=O)c1ccc(F)cc1. The first-order valence-electron chi connectivity index (χ1n) is 11.3. The Bertz CT molecular complexity index is 1500. The molecule has 1 aliphatic rings. The quantitative estimate of drug-likeness (QED) is 0.420. The van der Waals surface area contributed by atoms with E-state index in [2.05, 4.69) is 15.3 Å². The van der Waals surface area contributed by atoms with Crippen LogP contribution < -0.4 is 11.1 Å². The van der Waals surface area contributed by atoms with Crippen LogP contribution in [-0.2, 0) is 27.5 Å². The highest BCUT2D eigenvalue weighted by molar-refractivity contribution is 7.89. The van der Waals surface area contributed by atoms with Crippen molar-refractivity contribution in [3.8, 4) is 11.1 Å². The number of sulfonamides is 1. The molecular formula is C24H20F5N5O4S. The summed E-state index contributed by atoms with van der Waals surface area (Å²) < 4.78 is 92.6. The van der Waals surface area contributed by atoms with Gasteiger partial charge in [-0.05, 0) is 47.5 Å². The van der Waals surface area contributed by atoms with Crippen molar-refractivity contribution in [2.75, 3.05) is 6.54 Å². The number of hydrogen-bond acceptors (Lipinski definition) is 6. The minimum atomic E-state index is -4.74. The smallest absolute Gasteiger partial charge is 0.366 e. The van der Waals surface area contributed by atoms with Crippen molar-refractivity contribution >= 4 is 21.8 Å². The molecule has 0 saturated carbocycles. The first-order chi connectivity index (χ1) is 18.3. The van der Waals surface area contributed by atoms with Gasteiger partial charge in [0.15, 0.2) is 0 Å². The van der Waals surface area contributed by atoms with Crippen LogP contribution >= 0.6 is 0 Å². The standard InChI is InChI=1S/C24H20F5N5O4S/c25-16-2-4-18(5-3-16)39(37,38)34-12-17(26)8-20(34)22(36)31-9-14-7-13(1-6-19(14)21(30)35)15-10-32-23(33-11-15)24(27,28)29/h1-7,10-11,17,20H,8-9,12H2,(H2,30,35)(H,31,36). The molecule has 3 N–H and O–H groups in total. The van der Waals surface area contributed by atoms with Crippen LogP contribution in [0, 0.1) is 5.82 Å². The van der Waals surface area contributed by atoms with Crippen molar-refractivity contribution in [2.24, 2.45) is 5.73 Å². The fraction of sp³-hybridized carbons (Fsp3) is 0.250. The molecule has 0 spiro atoms. The van der Waals surface area contributed by atoms with E-state index in [1.165, 1.54) is 18.2 Å². The van der Waals surface area contributed by atoms with E-state index in [9.17, 15) is 40.0 Å². The Hall–Kier alpha value is -3.98. The minimum Gasteiger partial charge on any atom is -0.366 e. The number of nitrogens with two attached hydrogens (primary N) is 1. The van der Waals surface area contributed by atoms with E-state index in [-0.39, 0.29) is 28.1 Å². The molecule has 1 saturated heterocycles. The first kappa shape index (κ1) is 28.0. The average molecular weight is 570 g/mol. The van der Waals surface area contributed by atoms with Gasteiger partial charge in [-0.1, -0.05) is 6.07 Å². The van der Waals surface area contributed by atoms with E-state index in [0.29, 0.717) is 9.87 Å². The number of carbonyl (C=O) groups excluding carboxylic acids is 2. The van der Waals surface area contributed by atoms with Crippen LogP contribution in [0.3, 0.4) is 0 Å². The summed E-state index contributed by atoms with van der Waals surface area (Å²) in [5, 5.41) is 2.47. The number of aromatic nitrogens is 2. The lowest BCUT2D eigenvalue weighted by Gasteiger charge is -2.23. The summed E-state index contributed by atoms with van der Waals surface area (Å²) in [5.74, 6) is -3.74. The third-order valence-electron chi connectivity index (χ3n) is 5.99. The number of benzene rings is 2. The number of hydrogen-bond donors (Lipinski definition) is 2. The molecule has 15 heteroatoms. The fourth-order valence-electron chi connectivity index (χ4n) is 4.09. The lowest BCUT2D eigenvalue weighted by atomic mass is 10.00. The molecular weight excluding hydrogens is 549 g/mol. The maximum absolute atomic E-state index is 14.3. The molecule has 0 bridgehead atoms. The summed E-state index contributed by atoms with van der Waals surface area (Å²) in [5.41, 5.74) is 6.04. The summed E-state index contributed by atoms with van der Waals surface area (Å²) in [6.45, 7) is -0.932. The van der Waals surface area contributed by atoms with Gasteiger partial charge in [-0.15, -0.1) is 0 Å². The zero-order valence-corrected chi connectivity index (χ0v) is 20.6. The van der Waals surface area contributed by atoms with E-state index in [1.807, 2.05) is 0 Å². The van der Waals surface area contributed by atoms with Crippen molar-refractivity contribution in [1.29, 1.82) is 0 Å². The number of primary amides is 1. The Kier molecular flexibility index (Phi) is 7.66. The van der Waals surface area contributed by atoms with Crippen LogP contribution in [0.15, 0.2) is 59.8 Å². The molecule has 2 heterocycles. The van der Waals surface area contributed by atoms with Crippen LogP contribution in [0.4, 0.5) is 22.0 Å². The predicted molar refractivity (Wildman–Crippen MR) is 126 cm³/mol. The zero-order chi connectivity index (χ0) is 28.5. The second kappa shape index (κ2) is 10.6. The normalized spacial score (nSPS) is 18.2. The highest BCUT2D eigenvalue weighted by atomic mass is 32.2. The molecule has 0 aliphatic carbocycles. The Morgan fingerprint density at radius 3 is 2.28 bits per heavy atom. The van der Waals surface area contributed by atoms with E-state index in [0.717, 1.165) is 36.7 Å². The Morgan fingerprint density at radius 1 is 1.05 bits per heavy atom. The number of alkyl halides is 4. The van der Waals surface area contributed by atoms with Crippen molar-refractivity contribution < 1.29 is 40.0 Å². The van der Waals surface area contributed by atoms with Crippen molar-refractivity contribution in [3.05, 3.63) is 77.6 Å². The maximum atomic E-state index is 14.3. The minimum absolute atomic E-state index is 0.0162. The van der Waals surface area contributed by atoms with Gasteiger partial charge in [-0.3, -0.25) is 9.59 Å². The molecule has 1 aliphatic heterocycles. The molecule has 2 amide bonds. The van der Waals surface area contributed by atoms with Gasteiger partial charge in [0.05, 0.1) is 4.90 Å². The van der Waals surface area contributed by atoms with Crippen molar-refractivity contribution in [3.63, 3.8) is 0 Å².